The highest BCUT2D eigenvalue weighted by Crippen LogP contribution is 2.28. The van der Waals surface area contributed by atoms with E-state index in [0.29, 0.717) is 34.7 Å². The van der Waals surface area contributed by atoms with Crippen LogP contribution >= 0.6 is 0 Å². The number of rotatable bonds is 7. The van der Waals surface area contributed by atoms with Crippen LogP contribution < -0.4 is 16.2 Å². The summed E-state index contributed by atoms with van der Waals surface area (Å²) in [5.41, 5.74) is 15.7. The Morgan fingerprint density at radius 1 is 0.568 bits per heavy atom. The van der Waals surface area contributed by atoms with Crippen molar-refractivity contribution in [3.8, 4) is 45.7 Å². The fourth-order valence-electron chi connectivity index (χ4n) is 3.72. The molecule has 1 heterocycles. The summed E-state index contributed by atoms with van der Waals surface area (Å²) in [6.45, 7) is 0. The number of hydrogen-bond acceptors (Lipinski definition) is 6. The second kappa shape index (κ2) is 11.0. The van der Waals surface area contributed by atoms with E-state index in [0.717, 1.165) is 22.3 Å². The molecule has 0 unspecified atom stereocenters. The molecule has 6 nitrogen and oxygen atoms in total. The van der Waals surface area contributed by atoms with E-state index in [-0.39, 0.29) is 0 Å². The van der Waals surface area contributed by atoms with Crippen LogP contribution in [0.5, 0.6) is 11.5 Å². The Kier molecular flexibility index (Phi) is 6.99. The van der Waals surface area contributed by atoms with E-state index in [1.807, 2.05) is 109 Å². The normalized spacial score (nSPS) is 11.5. The third kappa shape index (κ3) is 5.71. The van der Waals surface area contributed by atoms with Crippen molar-refractivity contribution < 1.29 is 4.74 Å². The molecule has 4 N–H and O–H groups in total. The number of nitrogens with two attached hydrogens (primary N) is 2. The predicted octanol–water partition coefficient (Wildman–Crippen LogP) is 6.44. The maximum atomic E-state index is 6.05. The van der Waals surface area contributed by atoms with Crippen molar-refractivity contribution >= 4 is 5.70 Å². The van der Waals surface area contributed by atoms with Gasteiger partial charge >= 0.3 is 0 Å². The van der Waals surface area contributed by atoms with Crippen LogP contribution in [0.25, 0.3) is 39.9 Å². The number of benzene rings is 4. The summed E-state index contributed by atoms with van der Waals surface area (Å²) in [6, 6.07) is 35.1. The molecule has 5 aromatic rings. The Hall–Kier alpha value is -5.23. The van der Waals surface area contributed by atoms with Gasteiger partial charge in [-0.05, 0) is 72.4 Å². The zero-order valence-electron chi connectivity index (χ0n) is 20.0. The summed E-state index contributed by atoms with van der Waals surface area (Å²) in [6.07, 6.45) is 4.89. The van der Waals surface area contributed by atoms with Crippen molar-refractivity contribution in [2.45, 2.75) is 0 Å². The van der Waals surface area contributed by atoms with Crippen LogP contribution in [0.2, 0.25) is 0 Å². The summed E-state index contributed by atoms with van der Waals surface area (Å²) < 4.78 is 6.02. The molecule has 0 spiro atoms. The Balaban J connectivity index is 1.41. The first kappa shape index (κ1) is 23.5. The lowest BCUT2D eigenvalue weighted by molar-refractivity contribution is 0.482. The molecule has 5 rings (SSSR count). The van der Waals surface area contributed by atoms with E-state index < -0.39 is 0 Å². The summed E-state index contributed by atoms with van der Waals surface area (Å²) in [4.78, 5) is 14.3. The van der Waals surface area contributed by atoms with Crippen molar-refractivity contribution in [3.05, 3.63) is 133 Å². The smallest absolute Gasteiger partial charge is 0.164 e. The van der Waals surface area contributed by atoms with Crippen LogP contribution in [0, 0.1) is 0 Å². The first-order chi connectivity index (χ1) is 18.2. The summed E-state index contributed by atoms with van der Waals surface area (Å²) in [7, 11) is 0. The van der Waals surface area contributed by atoms with Crippen molar-refractivity contribution in [1.82, 2.24) is 15.0 Å². The first-order valence-corrected chi connectivity index (χ1v) is 11.8. The highest BCUT2D eigenvalue weighted by molar-refractivity contribution is 5.67. The Bertz CT molecular complexity index is 1470. The highest BCUT2D eigenvalue weighted by atomic mass is 16.5. The lowest BCUT2D eigenvalue weighted by Crippen LogP contribution is -2.00. The minimum absolute atomic E-state index is 0.595. The quantitative estimate of drug-likeness (QED) is 0.259. The third-order valence-electron chi connectivity index (χ3n) is 5.62. The molecule has 0 radical (unpaired) electrons. The molecule has 0 saturated carbocycles. The van der Waals surface area contributed by atoms with Gasteiger partial charge in [-0.3, -0.25) is 0 Å². The van der Waals surface area contributed by atoms with E-state index in [1.54, 1.807) is 12.2 Å². The number of aromatic nitrogens is 3. The van der Waals surface area contributed by atoms with Crippen molar-refractivity contribution in [1.29, 1.82) is 0 Å². The van der Waals surface area contributed by atoms with Crippen LogP contribution in [0.1, 0.15) is 5.56 Å². The van der Waals surface area contributed by atoms with Crippen LogP contribution in [-0.2, 0) is 0 Å². The molecule has 0 aliphatic heterocycles. The molecule has 4 aromatic carbocycles. The van der Waals surface area contributed by atoms with Crippen molar-refractivity contribution in [3.63, 3.8) is 0 Å². The van der Waals surface area contributed by atoms with Crippen molar-refractivity contribution in [2.75, 3.05) is 0 Å². The lowest BCUT2D eigenvalue weighted by atomic mass is 10.1. The third-order valence-corrected chi connectivity index (χ3v) is 5.62. The second-order valence-electron chi connectivity index (χ2n) is 8.20. The number of hydrogen-bond donors (Lipinski definition) is 2. The molecule has 0 aliphatic rings. The Morgan fingerprint density at radius 2 is 1.00 bits per heavy atom. The molecule has 0 bridgehead atoms. The summed E-state index contributed by atoms with van der Waals surface area (Å²) >= 11 is 0. The molecular weight excluding hydrogens is 458 g/mol. The fourth-order valence-corrected chi connectivity index (χ4v) is 3.72. The molecule has 0 aliphatic carbocycles. The van der Waals surface area contributed by atoms with Gasteiger partial charge in [0.15, 0.2) is 17.5 Å². The number of allylic oxidation sites excluding steroid dienone is 2. The zero-order valence-corrected chi connectivity index (χ0v) is 20.0. The minimum Gasteiger partial charge on any atom is -0.457 e. The predicted molar refractivity (Wildman–Crippen MR) is 148 cm³/mol. The zero-order chi connectivity index (χ0) is 25.5. The fraction of sp³-hybridized carbons (Fsp3) is 0. The summed E-state index contributed by atoms with van der Waals surface area (Å²) in [5.74, 6) is 3.25. The standard InChI is InChI=1S/C31H25N5O/c32-21-7-12-28(33)22-13-17-26(18-14-22)37-27-19-15-25(16-20-27)31-35-29(23-8-3-1-4-9-23)34-30(36-31)24-10-5-2-6-11-24/h1-21H,32-33H2/b21-7-,28-12-. The molecule has 180 valence electrons. The van der Waals surface area contributed by atoms with E-state index in [1.165, 1.54) is 6.20 Å². The van der Waals surface area contributed by atoms with Gasteiger partial charge in [0.25, 0.3) is 0 Å². The van der Waals surface area contributed by atoms with Crippen LogP contribution in [-0.4, -0.2) is 15.0 Å². The van der Waals surface area contributed by atoms with Gasteiger partial charge in [-0.25, -0.2) is 15.0 Å². The van der Waals surface area contributed by atoms with Crippen LogP contribution in [0.4, 0.5) is 0 Å². The van der Waals surface area contributed by atoms with E-state index in [4.69, 9.17) is 31.2 Å². The number of nitrogens with zero attached hydrogens (tertiary/aromatic N) is 3. The van der Waals surface area contributed by atoms with Crippen LogP contribution in [0.15, 0.2) is 128 Å². The van der Waals surface area contributed by atoms with E-state index >= 15 is 0 Å². The Morgan fingerprint density at radius 3 is 1.46 bits per heavy atom. The van der Waals surface area contributed by atoms with Gasteiger partial charge in [-0.2, -0.15) is 0 Å². The first-order valence-electron chi connectivity index (χ1n) is 11.8. The molecule has 0 saturated heterocycles. The van der Waals surface area contributed by atoms with Gasteiger partial charge in [-0.1, -0.05) is 60.7 Å². The van der Waals surface area contributed by atoms with Gasteiger partial charge in [-0.15, -0.1) is 0 Å². The van der Waals surface area contributed by atoms with Gasteiger partial charge in [0, 0.05) is 22.4 Å². The highest BCUT2D eigenvalue weighted by Gasteiger charge is 2.12. The minimum atomic E-state index is 0.595. The second-order valence-corrected chi connectivity index (χ2v) is 8.20. The number of ether oxygens (including phenoxy) is 1. The monoisotopic (exact) mass is 483 g/mol. The van der Waals surface area contributed by atoms with Crippen molar-refractivity contribution in [2.24, 2.45) is 11.5 Å². The lowest BCUT2D eigenvalue weighted by Gasteiger charge is -2.10. The average molecular weight is 484 g/mol. The van der Waals surface area contributed by atoms with Gasteiger partial charge in [0.1, 0.15) is 11.5 Å². The van der Waals surface area contributed by atoms with Gasteiger partial charge < -0.3 is 16.2 Å². The molecular formula is C31H25N5O. The van der Waals surface area contributed by atoms with Crippen LogP contribution in [0.3, 0.4) is 0 Å². The average Bonchev–Trinajstić information content (AvgIpc) is 2.97. The molecule has 1 aromatic heterocycles. The van der Waals surface area contributed by atoms with Gasteiger partial charge in [0.05, 0.1) is 0 Å². The van der Waals surface area contributed by atoms with Gasteiger partial charge in [0.2, 0.25) is 0 Å². The summed E-state index contributed by atoms with van der Waals surface area (Å²) in [5, 5.41) is 0. The topological polar surface area (TPSA) is 99.9 Å². The van der Waals surface area contributed by atoms with E-state index in [2.05, 4.69) is 0 Å². The molecule has 0 fully saturated rings. The SMILES string of the molecule is N/C=C\C=C(/N)c1ccc(Oc2ccc(-c3nc(-c4ccccc4)nc(-c4ccccc4)n3)cc2)cc1. The Labute approximate surface area is 215 Å². The molecule has 0 atom stereocenters. The maximum Gasteiger partial charge on any atom is 0.164 e. The molecule has 37 heavy (non-hydrogen) atoms. The van der Waals surface area contributed by atoms with E-state index in [9.17, 15) is 0 Å². The largest absolute Gasteiger partial charge is 0.457 e. The molecule has 6 heteroatoms. The molecule has 0 amide bonds. The maximum absolute atomic E-state index is 6.05.